The summed E-state index contributed by atoms with van der Waals surface area (Å²) in [6.45, 7) is 3.99. The maximum Gasteiger partial charge on any atom is 0.338 e. The Morgan fingerprint density at radius 3 is 1.87 bits per heavy atom. The van der Waals surface area contributed by atoms with Gasteiger partial charge < -0.3 is 9.47 Å². The Balaban J connectivity index is 1.84. The van der Waals surface area contributed by atoms with Crippen molar-refractivity contribution >= 4 is 18.1 Å². The summed E-state index contributed by atoms with van der Waals surface area (Å²) in [7, 11) is 1.60. The number of carbonyl (C=O) groups is 1. The van der Waals surface area contributed by atoms with Crippen LogP contribution in [0.15, 0.2) is 84.9 Å². The molecule has 0 N–H and O–H groups in total. The maximum absolute atomic E-state index is 12.8. The molecule has 0 saturated carbocycles. The summed E-state index contributed by atoms with van der Waals surface area (Å²) in [6, 6.07) is 23.4. The minimum absolute atomic E-state index is 0.351. The zero-order valence-corrected chi connectivity index (χ0v) is 18.2. The van der Waals surface area contributed by atoms with Crippen LogP contribution in [0.1, 0.15) is 52.6 Å². The number of carbonyl (C=O) groups excluding carboxylic acids is 1. The number of rotatable bonds is 8. The standard InChI is InChI=1S/C28H28O3/c1-4-6-21-8-10-23(11-9-21)20-27(24-14-12-22(7-5-2)13-15-24)31-28(29)25-16-18-26(30-3)19-17-25/h4-19,27H,20H2,1-3H3/b6-4+,7-5+. The van der Waals surface area contributed by atoms with Crippen LogP contribution >= 0.6 is 0 Å². The molecule has 3 rings (SSSR count). The fraction of sp³-hybridized carbons (Fsp3) is 0.179. The molecule has 0 aliphatic rings. The summed E-state index contributed by atoms with van der Waals surface area (Å²) in [5, 5.41) is 0. The highest BCUT2D eigenvalue weighted by molar-refractivity contribution is 5.89. The Kier molecular flexibility index (Phi) is 7.83. The normalized spacial score (nSPS) is 12.2. The van der Waals surface area contributed by atoms with Crippen LogP contribution in [0.25, 0.3) is 12.2 Å². The van der Waals surface area contributed by atoms with Gasteiger partial charge in [0.1, 0.15) is 11.9 Å². The van der Waals surface area contributed by atoms with Crippen molar-refractivity contribution in [3.05, 3.63) is 113 Å². The van der Waals surface area contributed by atoms with Gasteiger partial charge in [-0.25, -0.2) is 4.79 Å². The molecule has 0 aliphatic carbocycles. The second kappa shape index (κ2) is 11.0. The minimum atomic E-state index is -0.387. The fourth-order valence-corrected chi connectivity index (χ4v) is 3.34. The van der Waals surface area contributed by atoms with Crippen molar-refractivity contribution in [1.29, 1.82) is 0 Å². The lowest BCUT2D eigenvalue weighted by Crippen LogP contribution is -2.14. The third-order valence-electron chi connectivity index (χ3n) is 5.00. The smallest absolute Gasteiger partial charge is 0.338 e. The van der Waals surface area contributed by atoms with Gasteiger partial charge in [0.25, 0.3) is 0 Å². The number of ether oxygens (including phenoxy) is 2. The van der Waals surface area contributed by atoms with Crippen molar-refractivity contribution < 1.29 is 14.3 Å². The molecule has 3 aromatic rings. The third kappa shape index (κ3) is 6.19. The van der Waals surface area contributed by atoms with Gasteiger partial charge in [0.05, 0.1) is 12.7 Å². The molecule has 0 saturated heterocycles. The first-order chi connectivity index (χ1) is 15.1. The van der Waals surface area contributed by atoms with Crippen LogP contribution in [-0.2, 0) is 11.2 Å². The molecular weight excluding hydrogens is 384 g/mol. The second-order valence-electron chi connectivity index (χ2n) is 7.23. The number of methoxy groups -OCH3 is 1. The van der Waals surface area contributed by atoms with E-state index in [0.717, 1.165) is 22.3 Å². The molecular formula is C28H28O3. The lowest BCUT2D eigenvalue weighted by atomic mass is 9.99. The molecule has 0 aromatic heterocycles. The van der Waals surface area contributed by atoms with Crippen molar-refractivity contribution in [1.82, 2.24) is 0 Å². The summed E-state index contributed by atoms with van der Waals surface area (Å²) >= 11 is 0. The Morgan fingerprint density at radius 1 is 0.806 bits per heavy atom. The third-order valence-corrected chi connectivity index (χ3v) is 5.00. The summed E-state index contributed by atoms with van der Waals surface area (Å²) in [4.78, 5) is 12.8. The minimum Gasteiger partial charge on any atom is -0.497 e. The maximum atomic E-state index is 12.8. The monoisotopic (exact) mass is 412 g/mol. The van der Waals surface area contributed by atoms with Crippen LogP contribution in [0.3, 0.4) is 0 Å². The molecule has 0 spiro atoms. The van der Waals surface area contributed by atoms with Gasteiger partial charge in [0.2, 0.25) is 0 Å². The molecule has 0 amide bonds. The van der Waals surface area contributed by atoms with E-state index in [1.54, 1.807) is 31.4 Å². The highest BCUT2D eigenvalue weighted by atomic mass is 16.5. The molecule has 1 atom stereocenters. The van der Waals surface area contributed by atoms with E-state index in [1.165, 1.54) is 0 Å². The van der Waals surface area contributed by atoms with Crippen LogP contribution in [0.5, 0.6) is 5.75 Å². The van der Waals surface area contributed by atoms with Gasteiger partial charge in [0, 0.05) is 6.42 Å². The van der Waals surface area contributed by atoms with E-state index >= 15 is 0 Å². The predicted octanol–water partition coefficient (Wildman–Crippen LogP) is 6.90. The number of hydrogen-bond donors (Lipinski definition) is 0. The van der Waals surface area contributed by atoms with Gasteiger partial charge in [-0.2, -0.15) is 0 Å². The topological polar surface area (TPSA) is 35.5 Å². The van der Waals surface area contributed by atoms with Crippen LogP contribution in [0.4, 0.5) is 0 Å². The first-order valence-corrected chi connectivity index (χ1v) is 10.4. The Morgan fingerprint density at radius 2 is 1.35 bits per heavy atom. The lowest BCUT2D eigenvalue weighted by molar-refractivity contribution is 0.0297. The zero-order valence-electron chi connectivity index (χ0n) is 18.2. The Labute approximate surface area is 184 Å². The first-order valence-electron chi connectivity index (χ1n) is 10.4. The van der Waals surface area contributed by atoms with Crippen molar-refractivity contribution in [3.63, 3.8) is 0 Å². The van der Waals surface area contributed by atoms with Crippen molar-refractivity contribution in [2.75, 3.05) is 7.11 Å². The summed E-state index contributed by atoms with van der Waals surface area (Å²) in [6.07, 6.45) is 8.33. The van der Waals surface area contributed by atoms with E-state index in [0.29, 0.717) is 17.7 Å². The van der Waals surface area contributed by atoms with Crippen LogP contribution in [-0.4, -0.2) is 13.1 Å². The Bertz CT molecular complexity index is 1030. The molecule has 158 valence electrons. The van der Waals surface area contributed by atoms with E-state index in [2.05, 4.69) is 30.3 Å². The SMILES string of the molecule is C/C=C/c1ccc(CC(OC(=O)c2ccc(OC)cc2)c2ccc(/C=C/C)cc2)cc1. The largest absolute Gasteiger partial charge is 0.497 e. The second-order valence-corrected chi connectivity index (χ2v) is 7.23. The first kappa shape index (κ1) is 22.1. The fourth-order valence-electron chi connectivity index (χ4n) is 3.34. The molecule has 0 heterocycles. The van der Waals surface area contributed by atoms with Gasteiger partial charge in [-0.3, -0.25) is 0 Å². The van der Waals surface area contributed by atoms with Crippen LogP contribution in [0, 0.1) is 0 Å². The number of benzene rings is 3. The molecule has 3 heteroatoms. The Hall–Kier alpha value is -3.59. The highest BCUT2D eigenvalue weighted by Crippen LogP contribution is 2.25. The van der Waals surface area contributed by atoms with Gasteiger partial charge in [-0.15, -0.1) is 0 Å². The molecule has 31 heavy (non-hydrogen) atoms. The molecule has 0 bridgehead atoms. The number of hydrogen-bond acceptors (Lipinski definition) is 3. The van der Waals surface area contributed by atoms with E-state index in [4.69, 9.17) is 9.47 Å². The summed E-state index contributed by atoms with van der Waals surface area (Å²) < 4.78 is 11.1. The molecule has 3 nitrogen and oxygen atoms in total. The van der Waals surface area contributed by atoms with E-state index in [1.807, 2.05) is 56.3 Å². The summed E-state index contributed by atoms with van der Waals surface area (Å²) in [5.41, 5.74) is 4.83. The zero-order chi connectivity index (χ0) is 22.1. The van der Waals surface area contributed by atoms with Gasteiger partial charge in [-0.1, -0.05) is 72.8 Å². The van der Waals surface area contributed by atoms with Gasteiger partial charge in [-0.05, 0) is 60.4 Å². The van der Waals surface area contributed by atoms with Gasteiger partial charge >= 0.3 is 5.97 Å². The van der Waals surface area contributed by atoms with Crippen LogP contribution in [0.2, 0.25) is 0 Å². The molecule has 3 aromatic carbocycles. The van der Waals surface area contributed by atoms with Crippen molar-refractivity contribution in [2.45, 2.75) is 26.4 Å². The number of esters is 1. The van der Waals surface area contributed by atoms with Gasteiger partial charge in [0.15, 0.2) is 0 Å². The van der Waals surface area contributed by atoms with E-state index < -0.39 is 0 Å². The average molecular weight is 413 g/mol. The van der Waals surface area contributed by atoms with Crippen molar-refractivity contribution in [3.8, 4) is 5.75 Å². The summed E-state index contributed by atoms with van der Waals surface area (Å²) in [5.74, 6) is 0.351. The molecule has 0 radical (unpaired) electrons. The predicted molar refractivity (Wildman–Crippen MR) is 127 cm³/mol. The lowest BCUT2D eigenvalue weighted by Gasteiger charge is -2.19. The van der Waals surface area contributed by atoms with Crippen molar-refractivity contribution in [2.24, 2.45) is 0 Å². The molecule has 1 unspecified atom stereocenters. The van der Waals surface area contributed by atoms with E-state index in [9.17, 15) is 4.79 Å². The molecule has 0 fully saturated rings. The number of allylic oxidation sites excluding steroid dienone is 2. The van der Waals surface area contributed by atoms with E-state index in [-0.39, 0.29) is 12.1 Å². The highest BCUT2D eigenvalue weighted by Gasteiger charge is 2.19. The van der Waals surface area contributed by atoms with Crippen LogP contribution < -0.4 is 4.74 Å². The quantitative estimate of drug-likeness (QED) is 0.377. The molecule has 0 aliphatic heterocycles. The average Bonchev–Trinajstić information content (AvgIpc) is 2.81.